The molecule has 0 aromatic heterocycles. The zero-order chi connectivity index (χ0) is 16.1. The second kappa shape index (κ2) is 7.63. The van der Waals surface area contributed by atoms with E-state index in [1.807, 2.05) is 57.2 Å². The molecule has 1 atom stereocenters. The lowest BCUT2D eigenvalue weighted by Gasteiger charge is -2.19. The van der Waals surface area contributed by atoms with Gasteiger partial charge >= 0.3 is 0 Å². The number of halogens is 1. The molecule has 0 heterocycles. The van der Waals surface area contributed by atoms with Crippen LogP contribution in [0.2, 0.25) is 0 Å². The number of hydrogen-bond acceptors (Lipinski definition) is 2. The third kappa shape index (κ3) is 4.47. The SMILES string of the molecule is CC[C@@H](Oc1ccc(C)cc1C)C(=O)Nc1ccc(I)cc1. The zero-order valence-electron chi connectivity index (χ0n) is 13.0. The van der Waals surface area contributed by atoms with Gasteiger partial charge in [-0.15, -0.1) is 0 Å². The molecule has 0 aliphatic heterocycles. The Bertz CT molecular complexity index is 653. The van der Waals surface area contributed by atoms with Crippen LogP contribution in [0.15, 0.2) is 42.5 Å². The van der Waals surface area contributed by atoms with Crippen LogP contribution < -0.4 is 10.1 Å². The number of carbonyl (C=O) groups excluding carboxylic acids is 1. The van der Waals surface area contributed by atoms with Crippen LogP contribution in [0.25, 0.3) is 0 Å². The Kier molecular flexibility index (Phi) is 5.83. The van der Waals surface area contributed by atoms with Gasteiger partial charge in [0.25, 0.3) is 5.91 Å². The summed E-state index contributed by atoms with van der Waals surface area (Å²) in [6.45, 7) is 5.98. The van der Waals surface area contributed by atoms with Gasteiger partial charge in [0.1, 0.15) is 5.75 Å². The maximum Gasteiger partial charge on any atom is 0.265 e. The van der Waals surface area contributed by atoms with Crippen LogP contribution in [0.1, 0.15) is 24.5 Å². The molecule has 0 radical (unpaired) electrons. The van der Waals surface area contributed by atoms with Crippen molar-refractivity contribution in [3.63, 3.8) is 0 Å². The summed E-state index contributed by atoms with van der Waals surface area (Å²) in [7, 11) is 0. The summed E-state index contributed by atoms with van der Waals surface area (Å²) >= 11 is 2.23. The summed E-state index contributed by atoms with van der Waals surface area (Å²) in [5.41, 5.74) is 3.01. The molecule has 22 heavy (non-hydrogen) atoms. The molecule has 0 saturated carbocycles. The van der Waals surface area contributed by atoms with E-state index in [-0.39, 0.29) is 5.91 Å². The number of carbonyl (C=O) groups is 1. The minimum absolute atomic E-state index is 0.122. The normalized spacial score (nSPS) is 11.8. The van der Waals surface area contributed by atoms with Crippen LogP contribution >= 0.6 is 22.6 Å². The van der Waals surface area contributed by atoms with Crippen molar-refractivity contribution in [3.05, 3.63) is 57.2 Å². The number of nitrogens with one attached hydrogen (secondary N) is 1. The highest BCUT2D eigenvalue weighted by atomic mass is 127. The molecule has 4 heteroatoms. The molecule has 0 fully saturated rings. The zero-order valence-corrected chi connectivity index (χ0v) is 15.2. The second-order valence-corrected chi connectivity index (χ2v) is 6.53. The van der Waals surface area contributed by atoms with Crippen molar-refractivity contribution in [2.75, 3.05) is 5.32 Å². The van der Waals surface area contributed by atoms with Gasteiger partial charge in [0.2, 0.25) is 0 Å². The Hall–Kier alpha value is -1.56. The van der Waals surface area contributed by atoms with Crippen LogP contribution in [0.5, 0.6) is 5.75 Å². The fourth-order valence-electron chi connectivity index (χ4n) is 2.16. The van der Waals surface area contributed by atoms with Crippen molar-refractivity contribution in [2.24, 2.45) is 0 Å². The summed E-state index contributed by atoms with van der Waals surface area (Å²) < 4.78 is 7.03. The average molecular weight is 409 g/mol. The van der Waals surface area contributed by atoms with E-state index >= 15 is 0 Å². The Labute approximate surface area is 145 Å². The molecule has 0 saturated heterocycles. The number of hydrogen-bond donors (Lipinski definition) is 1. The van der Waals surface area contributed by atoms with Gasteiger partial charge in [-0.3, -0.25) is 4.79 Å². The molecule has 2 aromatic rings. The standard InChI is InChI=1S/C18H20INO2/c1-4-16(22-17-10-5-12(2)11-13(17)3)18(21)20-15-8-6-14(19)7-9-15/h5-11,16H,4H2,1-3H3,(H,20,21)/t16-/m1/s1. The molecule has 1 N–H and O–H groups in total. The van der Waals surface area contributed by atoms with Gasteiger partial charge in [-0.1, -0.05) is 24.6 Å². The predicted octanol–water partition coefficient (Wildman–Crippen LogP) is 4.70. The van der Waals surface area contributed by atoms with E-state index in [9.17, 15) is 4.79 Å². The van der Waals surface area contributed by atoms with Crippen LogP contribution in [-0.4, -0.2) is 12.0 Å². The summed E-state index contributed by atoms with van der Waals surface area (Å²) in [5.74, 6) is 0.638. The molecule has 116 valence electrons. The molecule has 0 aliphatic carbocycles. The topological polar surface area (TPSA) is 38.3 Å². The van der Waals surface area contributed by atoms with E-state index in [1.54, 1.807) is 0 Å². The molecule has 0 aliphatic rings. The number of aryl methyl sites for hydroxylation is 2. The van der Waals surface area contributed by atoms with Crippen LogP contribution in [0.4, 0.5) is 5.69 Å². The van der Waals surface area contributed by atoms with E-state index in [4.69, 9.17) is 4.74 Å². The highest BCUT2D eigenvalue weighted by molar-refractivity contribution is 14.1. The molecule has 2 aromatic carbocycles. The van der Waals surface area contributed by atoms with Crippen LogP contribution in [0.3, 0.4) is 0 Å². The Morgan fingerprint density at radius 3 is 2.45 bits per heavy atom. The maximum absolute atomic E-state index is 12.4. The number of benzene rings is 2. The fourth-order valence-corrected chi connectivity index (χ4v) is 2.52. The van der Waals surface area contributed by atoms with E-state index < -0.39 is 6.10 Å². The van der Waals surface area contributed by atoms with E-state index in [1.165, 1.54) is 5.56 Å². The lowest BCUT2D eigenvalue weighted by molar-refractivity contribution is -0.122. The number of ether oxygens (including phenoxy) is 1. The van der Waals surface area contributed by atoms with Gasteiger partial charge in [-0.05, 0) is 78.8 Å². The third-order valence-electron chi connectivity index (χ3n) is 3.37. The van der Waals surface area contributed by atoms with Crippen molar-refractivity contribution in [2.45, 2.75) is 33.3 Å². The Morgan fingerprint density at radius 1 is 1.18 bits per heavy atom. The van der Waals surface area contributed by atoms with Gasteiger partial charge in [-0.25, -0.2) is 0 Å². The van der Waals surface area contributed by atoms with E-state index in [0.29, 0.717) is 6.42 Å². The lowest BCUT2D eigenvalue weighted by atomic mass is 10.1. The summed E-state index contributed by atoms with van der Waals surface area (Å²) in [6.07, 6.45) is 0.115. The van der Waals surface area contributed by atoms with Gasteiger partial charge in [0.15, 0.2) is 6.10 Å². The number of amides is 1. The molecular formula is C18H20INO2. The van der Waals surface area contributed by atoms with Crippen molar-refractivity contribution < 1.29 is 9.53 Å². The van der Waals surface area contributed by atoms with Gasteiger partial charge in [-0.2, -0.15) is 0 Å². The van der Waals surface area contributed by atoms with Gasteiger partial charge in [0.05, 0.1) is 0 Å². The maximum atomic E-state index is 12.4. The summed E-state index contributed by atoms with van der Waals surface area (Å²) in [5, 5.41) is 2.90. The van der Waals surface area contributed by atoms with Crippen molar-refractivity contribution in [1.29, 1.82) is 0 Å². The first kappa shape index (κ1) is 16.8. The van der Waals surface area contributed by atoms with Crippen molar-refractivity contribution >= 4 is 34.2 Å². The lowest BCUT2D eigenvalue weighted by Crippen LogP contribution is -2.32. The molecule has 1 amide bonds. The predicted molar refractivity (Wildman–Crippen MR) is 98.4 cm³/mol. The summed E-state index contributed by atoms with van der Waals surface area (Å²) in [6, 6.07) is 13.7. The first-order chi connectivity index (χ1) is 10.5. The monoisotopic (exact) mass is 409 g/mol. The van der Waals surface area contributed by atoms with Gasteiger partial charge < -0.3 is 10.1 Å². The molecule has 0 bridgehead atoms. The van der Waals surface area contributed by atoms with Crippen molar-refractivity contribution in [1.82, 2.24) is 0 Å². The number of rotatable bonds is 5. The van der Waals surface area contributed by atoms with E-state index in [0.717, 1.165) is 20.6 Å². The van der Waals surface area contributed by atoms with E-state index in [2.05, 4.69) is 34.0 Å². The summed E-state index contributed by atoms with van der Waals surface area (Å²) in [4.78, 5) is 12.4. The minimum Gasteiger partial charge on any atom is -0.480 e. The molecule has 3 nitrogen and oxygen atoms in total. The average Bonchev–Trinajstić information content (AvgIpc) is 2.49. The third-order valence-corrected chi connectivity index (χ3v) is 4.09. The molecule has 2 rings (SSSR count). The van der Waals surface area contributed by atoms with Crippen LogP contribution in [-0.2, 0) is 4.79 Å². The minimum atomic E-state index is -0.499. The molecular weight excluding hydrogens is 389 g/mol. The van der Waals surface area contributed by atoms with Crippen LogP contribution in [0, 0.1) is 17.4 Å². The van der Waals surface area contributed by atoms with Gasteiger partial charge in [0, 0.05) is 9.26 Å². The largest absolute Gasteiger partial charge is 0.480 e. The van der Waals surface area contributed by atoms with Crippen molar-refractivity contribution in [3.8, 4) is 5.75 Å². The Morgan fingerprint density at radius 2 is 1.86 bits per heavy atom. The first-order valence-corrected chi connectivity index (χ1v) is 8.38. The highest BCUT2D eigenvalue weighted by Gasteiger charge is 2.19. The molecule has 0 unspecified atom stereocenters. The number of anilines is 1. The second-order valence-electron chi connectivity index (χ2n) is 5.28. The molecule has 0 spiro atoms. The fraction of sp³-hybridized carbons (Fsp3) is 0.278. The highest BCUT2D eigenvalue weighted by Crippen LogP contribution is 2.21. The quantitative estimate of drug-likeness (QED) is 0.727. The smallest absolute Gasteiger partial charge is 0.265 e. The Balaban J connectivity index is 2.07. The first-order valence-electron chi connectivity index (χ1n) is 7.30.